The summed E-state index contributed by atoms with van der Waals surface area (Å²) in [5.41, 5.74) is 4.25. The molecule has 0 saturated heterocycles. The van der Waals surface area contributed by atoms with Crippen LogP contribution in [0.1, 0.15) is 81.0 Å². The predicted octanol–water partition coefficient (Wildman–Crippen LogP) is 7.02. The largest absolute Gasteiger partial charge is 0.483 e. The van der Waals surface area contributed by atoms with E-state index in [9.17, 15) is 0 Å². The molecule has 2 rings (SSSR count). The summed E-state index contributed by atoms with van der Waals surface area (Å²) < 4.78 is 16.8. The van der Waals surface area contributed by atoms with Gasteiger partial charge in [0.15, 0.2) is 5.94 Å². The van der Waals surface area contributed by atoms with E-state index >= 15 is 0 Å². The van der Waals surface area contributed by atoms with Crippen LogP contribution in [-0.2, 0) is 15.8 Å². The van der Waals surface area contributed by atoms with Crippen LogP contribution in [-0.4, -0.2) is 16.8 Å². The van der Waals surface area contributed by atoms with E-state index in [4.69, 9.17) is 14.7 Å². The molecule has 0 spiro atoms. The average Bonchev–Trinajstić information content (AvgIpc) is 2.71. The Hall–Kier alpha value is -1.21. The van der Waals surface area contributed by atoms with Crippen LogP contribution in [0.4, 0.5) is 0 Å². The summed E-state index contributed by atoms with van der Waals surface area (Å²) in [7, 11) is 0. The fraction of sp³-hybridized carbons (Fsp3) is 0.652. The van der Waals surface area contributed by atoms with Gasteiger partial charge in [-0.1, -0.05) is 43.7 Å². The van der Waals surface area contributed by atoms with Gasteiger partial charge in [-0.25, -0.2) is 5.26 Å². The van der Waals surface area contributed by atoms with Crippen LogP contribution < -0.4 is 9.47 Å². The molecule has 1 unspecified atom stereocenters. The van der Waals surface area contributed by atoms with Crippen molar-refractivity contribution in [2.75, 3.05) is 5.94 Å². The Kier molecular flexibility index (Phi) is 9.83. The minimum absolute atomic E-state index is 0.222. The van der Waals surface area contributed by atoms with Crippen molar-refractivity contribution in [2.24, 2.45) is 0 Å². The molecular formula is C23H36O5S. The summed E-state index contributed by atoms with van der Waals surface area (Å²) in [6.45, 7) is 10.6. The molecule has 164 valence electrons. The van der Waals surface area contributed by atoms with Crippen LogP contribution in [0.25, 0.3) is 0 Å². The predicted molar refractivity (Wildman–Crippen MR) is 118 cm³/mol. The molecule has 1 aliphatic heterocycles. The van der Waals surface area contributed by atoms with Crippen LogP contribution in [0, 0.1) is 20.8 Å². The van der Waals surface area contributed by atoms with Crippen molar-refractivity contribution in [3.8, 4) is 11.5 Å². The Morgan fingerprint density at radius 1 is 1.10 bits per heavy atom. The third kappa shape index (κ3) is 6.64. The van der Waals surface area contributed by atoms with Crippen molar-refractivity contribution in [1.82, 2.24) is 0 Å². The van der Waals surface area contributed by atoms with Gasteiger partial charge >= 0.3 is 0 Å². The van der Waals surface area contributed by atoms with Crippen molar-refractivity contribution >= 4 is 12.0 Å². The summed E-state index contributed by atoms with van der Waals surface area (Å²) in [6.07, 6.45) is 14.1. The highest BCUT2D eigenvalue weighted by Crippen LogP contribution is 2.44. The SMILES string of the molecule is CCCCCCC/C=C/C1(C)CCc2c(C)c(OCSOOO)c(C)c(C)c2O1. The van der Waals surface area contributed by atoms with Gasteiger partial charge in [0, 0.05) is 5.56 Å². The molecule has 1 aromatic rings. The molecule has 1 N–H and O–H groups in total. The lowest BCUT2D eigenvalue weighted by atomic mass is 9.87. The van der Waals surface area contributed by atoms with Crippen molar-refractivity contribution in [2.45, 2.75) is 91.6 Å². The molecule has 1 aromatic carbocycles. The van der Waals surface area contributed by atoms with Gasteiger partial charge in [-0.05, 0) is 76.1 Å². The minimum Gasteiger partial charge on any atom is -0.483 e. The van der Waals surface area contributed by atoms with Gasteiger partial charge in [-0.2, -0.15) is 0 Å². The number of fused-ring (bicyclic) bond motifs is 1. The standard InChI is InChI=1S/C23H36O5S/c1-6-7-8-9-10-11-12-14-23(5)15-13-20-19(4)21(25-16-29-28-27-24)17(2)18(3)22(20)26-23/h12,14,24H,6-11,13,15-16H2,1-5H3/b14-12+. The van der Waals surface area contributed by atoms with Crippen molar-refractivity contribution in [3.05, 3.63) is 34.4 Å². The summed E-state index contributed by atoms with van der Waals surface area (Å²) in [5.74, 6) is 2.07. The third-order valence-electron chi connectivity index (χ3n) is 5.79. The average molecular weight is 425 g/mol. The molecule has 1 heterocycles. The Labute approximate surface area is 179 Å². The smallest absolute Gasteiger partial charge is 0.162 e. The fourth-order valence-electron chi connectivity index (χ4n) is 3.91. The number of benzene rings is 1. The molecule has 5 nitrogen and oxygen atoms in total. The zero-order chi connectivity index (χ0) is 21.3. The highest BCUT2D eigenvalue weighted by Gasteiger charge is 2.32. The topological polar surface area (TPSA) is 57.2 Å². The molecule has 0 fully saturated rings. The first-order valence-electron chi connectivity index (χ1n) is 10.7. The normalized spacial score (nSPS) is 18.7. The van der Waals surface area contributed by atoms with Gasteiger partial charge in [0.2, 0.25) is 0 Å². The van der Waals surface area contributed by atoms with E-state index in [0.29, 0.717) is 0 Å². The minimum atomic E-state index is -0.259. The number of unbranched alkanes of at least 4 members (excludes halogenated alkanes) is 5. The highest BCUT2D eigenvalue weighted by atomic mass is 32.2. The monoisotopic (exact) mass is 424 g/mol. The lowest BCUT2D eigenvalue weighted by molar-refractivity contribution is -0.432. The van der Waals surface area contributed by atoms with E-state index in [0.717, 1.165) is 59.5 Å². The highest BCUT2D eigenvalue weighted by molar-refractivity contribution is 7.94. The second-order valence-electron chi connectivity index (χ2n) is 8.05. The van der Waals surface area contributed by atoms with Crippen LogP contribution in [0.2, 0.25) is 0 Å². The lowest BCUT2D eigenvalue weighted by Crippen LogP contribution is -2.35. The van der Waals surface area contributed by atoms with E-state index in [1.807, 2.05) is 6.92 Å². The Morgan fingerprint density at radius 2 is 1.86 bits per heavy atom. The third-order valence-corrected chi connectivity index (χ3v) is 6.16. The van der Waals surface area contributed by atoms with Gasteiger partial charge in [0.1, 0.15) is 17.1 Å². The summed E-state index contributed by atoms with van der Waals surface area (Å²) in [6, 6.07) is 0. The Balaban J connectivity index is 2.05. The summed E-state index contributed by atoms with van der Waals surface area (Å²) in [4.78, 5) is 0. The van der Waals surface area contributed by atoms with Crippen LogP contribution >= 0.6 is 12.0 Å². The van der Waals surface area contributed by atoms with Gasteiger partial charge in [-0.15, -0.1) is 4.33 Å². The van der Waals surface area contributed by atoms with Gasteiger partial charge in [-0.3, -0.25) is 0 Å². The van der Waals surface area contributed by atoms with E-state index < -0.39 is 0 Å². The van der Waals surface area contributed by atoms with Crippen LogP contribution in [0.3, 0.4) is 0 Å². The number of hydrogen-bond donors (Lipinski definition) is 1. The van der Waals surface area contributed by atoms with Crippen LogP contribution in [0.15, 0.2) is 12.2 Å². The second kappa shape index (κ2) is 11.8. The fourth-order valence-corrected chi connectivity index (χ4v) is 4.16. The molecule has 0 bridgehead atoms. The van der Waals surface area contributed by atoms with Crippen LogP contribution in [0.5, 0.6) is 11.5 Å². The van der Waals surface area contributed by atoms with E-state index in [1.54, 1.807) is 0 Å². The molecule has 0 saturated carbocycles. The quantitative estimate of drug-likeness (QED) is 0.0971. The molecule has 6 heteroatoms. The number of ether oxygens (including phenoxy) is 2. The molecule has 0 aromatic heterocycles. The number of rotatable bonds is 12. The Bertz CT molecular complexity index is 689. The molecule has 0 amide bonds. The molecular weight excluding hydrogens is 388 g/mol. The molecule has 29 heavy (non-hydrogen) atoms. The lowest BCUT2D eigenvalue weighted by Gasteiger charge is -2.36. The second-order valence-corrected chi connectivity index (χ2v) is 8.66. The van der Waals surface area contributed by atoms with Crippen molar-refractivity contribution < 1.29 is 24.1 Å². The maximum Gasteiger partial charge on any atom is 0.162 e. The zero-order valence-corrected chi connectivity index (χ0v) is 19.3. The Morgan fingerprint density at radius 3 is 2.59 bits per heavy atom. The van der Waals surface area contributed by atoms with E-state index in [1.165, 1.54) is 37.7 Å². The van der Waals surface area contributed by atoms with Gasteiger partial charge in [0.25, 0.3) is 0 Å². The molecule has 0 aliphatic carbocycles. The first-order valence-corrected chi connectivity index (χ1v) is 11.6. The molecule has 1 atom stereocenters. The van der Waals surface area contributed by atoms with E-state index in [-0.39, 0.29) is 11.5 Å². The maximum atomic E-state index is 8.23. The summed E-state index contributed by atoms with van der Waals surface area (Å²) >= 11 is 0.891. The van der Waals surface area contributed by atoms with Crippen molar-refractivity contribution in [3.63, 3.8) is 0 Å². The zero-order valence-electron chi connectivity index (χ0n) is 18.5. The maximum absolute atomic E-state index is 8.23. The summed E-state index contributed by atoms with van der Waals surface area (Å²) in [5, 5.41) is 11.8. The van der Waals surface area contributed by atoms with Gasteiger partial charge in [0.05, 0.1) is 12.0 Å². The number of allylic oxidation sites excluding steroid dienone is 1. The van der Waals surface area contributed by atoms with Gasteiger partial charge < -0.3 is 9.47 Å². The number of hydrogen-bond acceptors (Lipinski definition) is 6. The molecule has 0 radical (unpaired) electrons. The molecule has 1 aliphatic rings. The van der Waals surface area contributed by atoms with Crippen molar-refractivity contribution in [1.29, 1.82) is 0 Å². The first-order chi connectivity index (χ1) is 13.9. The van der Waals surface area contributed by atoms with E-state index in [2.05, 4.69) is 49.2 Å². The first kappa shape index (κ1) is 24.1.